The highest BCUT2D eigenvalue weighted by molar-refractivity contribution is 6.24. The van der Waals surface area contributed by atoms with E-state index in [4.69, 9.17) is 9.97 Å². The van der Waals surface area contributed by atoms with Crippen LogP contribution in [-0.2, 0) is 0 Å². The van der Waals surface area contributed by atoms with Gasteiger partial charge in [0.15, 0.2) is 0 Å². The molecule has 186 valence electrons. The summed E-state index contributed by atoms with van der Waals surface area (Å²) in [6.45, 7) is 0. The topological polar surface area (TPSA) is 25.8 Å². The molecular weight excluding hydrogens is 484 g/mol. The molecule has 0 spiro atoms. The van der Waals surface area contributed by atoms with E-state index >= 15 is 0 Å². The molecule has 2 heteroatoms. The molecule has 1 heterocycles. The molecule has 1 aromatic heterocycles. The summed E-state index contributed by atoms with van der Waals surface area (Å²) in [4.78, 5) is 10.5. The Hall–Kier alpha value is -5.34. The first kappa shape index (κ1) is 22.6. The predicted octanol–water partition coefficient (Wildman–Crippen LogP) is 10.1. The molecule has 0 fully saturated rings. The minimum absolute atomic E-state index is 0.890. The van der Waals surface area contributed by atoms with Gasteiger partial charge >= 0.3 is 0 Å². The molecule has 7 aromatic carbocycles. The lowest BCUT2D eigenvalue weighted by atomic mass is 9.91. The molecule has 0 N–H and O–H groups in total. The summed E-state index contributed by atoms with van der Waals surface area (Å²) in [5.74, 6) is 0. The number of nitrogens with zero attached hydrogens (tertiary/aromatic N) is 2. The average molecular weight is 509 g/mol. The molecule has 2 nitrogen and oxygen atoms in total. The van der Waals surface area contributed by atoms with Gasteiger partial charge in [-0.3, -0.25) is 0 Å². The fourth-order valence-corrected chi connectivity index (χ4v) is 5.94. The molecule has 8 aromatic rings. The summed E-state index contributed by atoms with van der Waals surface area (Å²) in [6, 6.07) is 51.4. The van der Waals surface area contributed by atoms with Crippen molar-refractivity contribution in [3.8, 4) is 33.6 Å². The quantitative estimate of drug-likeness (QED) is 0.222. The van der Waals surface area contributed by atoms with Crippen molar-refractivity contribution in [3.63, 3.8) is 0 Å². The smallest absolute Gasteiger partial charge is 0.0979 e. The van der Waals surface area contributed by atoms with E-state index in [-0.39, 0.29) is 0 Å². The van der Waals surface area contributed by atoms with E-state index in [1.165, 1.54) is 37.9 Å². The molecule has 0 amide bonds. The molecule has 0 bridgehead atoms. The van der Waals surface area contributed by atoms with Crippen molar-refractivity contribution < 1.29 is 0 Å². The van der Waals surface area contributed by atoms with Crippen LogP contribution in [0.3, 0.4) is 0 Å². The normalized spacial score (nSPS) is 11.5. The maximum atomic E-state index is 5.30. The van der Waals surface area contributed by atoms with E-state index in [0.717, 1.165) is 39.1 Å². The number of hydrogen-bond donors (Lipinski definition) is 0. The molecule has 0 radical (unpaired) electrons. The lowest BCUT2D eigenvalue weighted by Gasteiger charge is -2.16. The Labute approximate surface area is 232 Å². The number of fused-ring (bicyclic) bond motifs is 6. The van der Waals surface area contributed by atoms with Crippen LogP contribution >= 0.6 is 0 Å². The molecule has 40 heavy (non-hydrogen) atoms. The molecule has 0 saturated carbocycles. The highest BCUT2D eigenvalue weighted by Crippen LogP contribution is 2.41. The molecule has 8 rings (SSSR count). The van der Waals surface area contributed by atoms with Crippen LogP contribution < -0.4 is 0 Å². The van der Waals surface area contributed by atoms with Crippen LogP contribution in [0.4, 0.5) is 0 Å². The van der Waals surface area contributed by atoms with Crippen LogP contribution in [0.15, 0.2) is 146 Å². The van der Waals surface area contributed by atoms with Gasteiger partial charge in [-0.25, -0.2) is 9.97 Å². The Balaban J connectivity index is 1.48. The molecule has 0 atom stereocenters. The third-order valence-corrected chi connectivity index (χ3v) is 7.82. The minimum atomic E-state index is 0.890. The van der Waals surface area contributed by atoms with Crippen LogP contribution in [-0.4, -0.2) is 9.97 Å². The van der Waals surface area contributed by atoms with Gasteiger partial charge in [0, 0.05) is 11.1 Å². The van der Waals surface area contributed by atoms with Crippen molar-refractivity contribution in [2.75, 3.05) is 0 Å². The Bertz CT molecular complexity index is 2210. The molecule has 0 unspecified atom stereocenters. The Kier molecular flexibility index (Phi) is 5.17. The number of aromatic nitrogens is 2. The summed E-state index contributed by atoms with van der Waals surface area (Å²) in [5, 5.41) is 7.37. The summed E-state index contributed by atoms with van der Waals surface area (Å²) in [6.07, 6.45) is 0. The van der Waals surface area contributed by atoms with Crippen molar-refractivity contribution in [2.45, 2.75) is 0 Å². The van der Waals surface area contributed by atoms with Crippen molar-refractivity contribution in [1.29, 1.82) is 0 Å². The first-order chi connectivity index (χ1) is 19.8. The first-order valence-electron chi connectivity index (χ1n) is 13.6. The second-order valence-electron chi connectivity index (χ2n) is 10.2. The second kappa shape index (κ2) is 9.14. The fourth-order valence-electron chi connectivity index (χ4n) is 5.94. The third kappa shape index (κ3) is 3.65. The third-order valence-electron chi connectivity index (χ3n) is 7.82. The Morgan fingerprint density at radius 3 is 1.75 bits per heavy atom. The zero-order valence-corrected chi connectivity index (χ0v) is 21.8. The van der Waals surface area contributed by atoms with Gasteiger partial charge < -0.3 is 0 Å². The van der Waals surface area contributed by atoms with Crippen LogP contribution in [0.25, 0.3) is 77.0 Å². The summed E-state index contributed by atoms with van der Waals surface area (Å²) in [7, 11) is 0. The minimum Gasteiger partial charge on any atom is -0.244 e. The van der Waals surface area contributed by atoms with Crippen LogP contribution in [0, 0.1) is 0 Å². The van der Waals surface area contributed by atoms with Gasteiger partial charge in [0.1, 0.15) is 0 Å². The maximum absolute atomic E-state index is 5.30. The largest absolute Gasteiger partial charge is 0.244 e. The lowest BCUT2D eigenvalue weighted by molar-refractivity contribution is 1.30. The average Bonchev–Trinajstić information content (AvgIpc) is 3.04. The van der Waals surface area contributed by atoms with Crippen LogP contribution in [0.5, 0.6) is 0 Å². The van der Waals surface area contributed by atoms with Crippen LogP contribution in [0.1, 0.15) is 0 Å². The summed E-state index contributed by atoms with van der Waals surface area (Å²) in [5.41, 5.74) is 8.06. The number of hydrogen-bond acceptors (Lipinski definition) is 2. The lowest BCUT2D eigenvalue weighted by Crippen LogP contribution is -1.97. The second-order valence-corrected chi connectivity index (χ2v) is 10.2. The van der Waals surface area contributed by atoms with Crippen molar-refractivity contribution >= 4 is 43.4 Å². The van der Waals surface area contributed by atoms with Gasteiger partial charge in [-0.15, -0.1) is 0 Å². The Morgan fingerprint density at radius 1 is 0.350 bits per heavy atom. The summed E-state index contributed by atoms with van der Waals surface area (Å²) >= 11 is 0. The predicted molar refractivity (Wildman–Crippen MR) is 168 cm³/mol. The zero-order chi connectivity index (χ0) is 26.5. The Morgan fingerprint density at radius 2 is 0.925 bits per heavy atom. The number of benzene rings is 7. The van der Waals surface area contributed by atoms with Gasteiger partial charge in [-0.2, -0.15) is 0 Å². The standard InChI is InChI=1S/C38H24N2/c1-2-10-25(11-3-1)29-14-8-15-30(24-29)37-38(40-34-19-7-6-18-33(34)39-37)32-17-9-13-27-22-23-28-21-20-26-12-4-5-16-31(26)35(28)36(27)32/h1-24H. The molecule has 0 aliphatic rings. The van der Waals surface area contributed by atoms with Gasteiger partial charge in [-0.05, 0) is 61.6 Å². The monoisotopic (exact) mass is 508 g/mol. The molecule has 0 aliphatic carbocycles. The van der Waals surface area contributed by atoms with E-state index in [1.54, 1.807) is 0 Å². The van der Waals surface area contributed by atoms with Gasteiger partial charge in [-0.1, -0.05) is 127 Å². The van der Waals surface area contributed by atoms with Crippen molar-refractivity contribution in [2.24, 2.45) is 0 Å². The fraction of sp³-hybridized carbons (Fsp3) is 0. The van der Waals surface area contributed by atoms with E-state index in [2.05, 4.69) is 127 Å². The van der Waals surface area contributed by atoms with Gasteiger partial charge in [0.25, 0.3) is 0 Å². The van der Waals surface area contributed by atoms with E-state index in [9.17, 15) is 0 Å². The SMILES string of the molecule is c1ccc(-c2cccc(-c3nc4ccccc4nc3-c3cccc4ccc5ccc6ccccc6c5c34)c2)cc1. The number of para-hydroxylation sites is 2. The highest BCUT2D eigenvalue weighted by atomic mass is 14.8. The zero-order valence-electron chi connectivity index (χ0n) is 21.8. The van der Waals surface area contributed by atoms with E-state index in [0.29, 0.717) is 0 Å². The van der Waals surface area contributed by atoms with Gasteiger partial charge in [0.2, 0.25) is 0 Å². The highest BCUT2D eigenvalue weighted by Gasteiger charge is 2.18. The van der Waals surface area contributed by atoms with Gasteiger partial charge in [0.05, 0.1) is 22.4 Å². The molecule has 0 saturated heterocycles. The van der Waals surface area contributed by atoms with E-state index < -0.39 is 0 Å². The van der Waals surface area contributed by atoms with Crippen molar-refractivity contribution in [1.82, 2.24) is 9.97 Å². The first-order valence-corrected chi connectivity index (χ1v) is 13.6. The number of rotatable bonds is 3. The molecular formula is C38H24N2. The van der Waals surface area contributed by atoms with E-state index in [1.807, 2.05) is 18.2 Å². The molecule has 0 aliphatic heterocycles. The van der Waals surface area contributed by atoms with Crippen LogP contribution in [0.2, 0.25) is 0 Å². The maximum Gasteiger partial charge on any atom is 0.0979 e. The van der Waals surface area contributed by atoms with Crippen molar-refractivity contribution in [3.05, 3.63) is 146 Å². The summed E-state index contributed by atoms with van der Waals surface area (Å²) < 4.78 is 0.